The Morgan fingerprint density at radius 2 is 1.88 bits per heavy atom. The Labute approximate surface area is 189 Å². The van der Waals surface area contributed by atoms with Gasteiger partial charge in [0.1, 0.15) is 11.7 Å². The Kier molecular flexibility index (Phi) is 5.08. The number of aromatic amines is 1. The molecular formula is C22H24FN9O. The molecule has 2 aliphatic heterocycles. The molecule has 1 aromatic carbocycles. The SMILES string of the molecule is Fc1ccc2c(c1)CC(Nc1ncc(C3CC(N4CCC(c5nn[nH]n5)CC4)=NO3)cn1)C2. The van der Waals surface area contributed by atoms with E-state index >= 15 is 0 Å². The van der Waals surface area contributed by atoms with E-state index in [1.165, 1.54) is 11.6 Å². The Bertz CT molecular complexity index is 1140. The van der Waals surface area contributed by atoms with Gasteiger partial charge in [-0.3, -0.25) is 0 Å². The smallest absolute Gasteiger partial charge is 0.222 e. The summed E-state index contributed by atoms with van der Waals surface area (Å²) in [5.41, 5.74) is 3.13. The molecule has 0 amide bonds. The third-order valence-electron chi connectivity index (χ3n) is 6.72. The third-order valence-corrected chi connectivity index (χ3v) is 6.72. The van der Waals surface area contributed by atoms with E-state index in [1.807, 2.05) is 6.07 Å². The number of oxime groups is 1. The van der Waals surface area contributed by atoms with Crippen molar-refractivity contribution in [1.29, 1.82) is 0 Å². The summed E-state index contributed by atoms with van der Waals surface area (Å²) in [5.74, 6) is 2.46. The van der Waals surface area contributed by atoms with Crippen LogP contribution in [-0.2, 0) is 17.7 Å². The molecule has 3 aromatic rings. The molecule has 10 nitrogen and oxygen atoms in total. The lowest BCUT2D eigenvalue weighted by Crippen LogP contribution is -2.37. The second-order valence-corrected chi connectivity index (χ2v) is 8.84. The first-order valence-electron chi connectivity index (χ1n) is 11.3. The lowest BCUT2D eigenvalue weighted by atomic mass is 9.95. The van der Waals surface area contributed by atoms with Gasteiger partial charge in [0.05, 0.1) is 6.42 Å². The number of halogens is 1. The standard InChI is InChI=1S/C22H24FN9O/c23-17-2-1-14-8-18(9-15(14)7-17)26-22-24-11-16(12-25-22)19-10-20(29-33-19)32-5-3-13(4-6-32)21-27-30-31-28-21/h1-2,7,11-13,18-19H,3-6,8-10H2,(H,24,25,26)(H,27,28,30,31). The molecule has 0 saturated carbocycles. The molecule has 1 aliphatic carbocycles. The summed E-state index contributed by atoms with van der Waals surface area (Å²) < 4.78 is 13.5. The monoisotopic (exact) mass is 449 g/mol. The van der Waals surface area contributed by atoms with Crippen LogP contribution >= 0.6 is 0 Å². The van der Waals surface area contributed by atoms with Gasteiger partial charge in [0.15, 0.2) is 11.9 Å². The highest BCUT2D eigenvalue weighted by Crippen LogP contribution is 2.31. The fourth-order valence-corrected chi connectivity index (χ4v) is 4.92. The molecule has 6 rings (SSSR count). The number of nitrogens with zero attached hydrogens (tertiary/aromatic N) is 7. The van der Waals surface area contributed by atoms with Gasteiger partial charge in [-0.25, -0.2) is 14.4 Å². The first kappa shape index (κ1) is 20.0. The number of hydrogen-bond acceptors (Lipinski definition) is 9. The van der Waals surface area contributed by atoms with Crippen molar-refractivity contribution in [2.75, 3.05) is 18.4 Å². The number of hydrogen-bond donors (Lipinski definition) is 2. The number of H-pyrrole nitrogens is 1. The summed E-state index contributed by atoms with van der Waals surface area (Å²) in [6.07, 6.45) is 7.65. The number of amidine groups is 1. The summed E-state index contributed by atoms with van der Waals surface area (Å²) in [7, 11) is 0. The van der Waals surface area contributed by atoms with E-state index < -0.39 is 0 Å². The number of fused-ring (bicyclic) bond motifs is 1. The predicted molar refractivity (Wildman–Crippen MR) is 117 cm³/mol. The van der Waals surface area contributed by atoms with Crippen molar-refractivity contribution >= 4 is 11.8 Å². The predicted octanol–water partition coefficient (Wildman–Crippen LogP) is 2.36. The molecular weight excluding hydrogens is 425 g/mol. The van der Waals surface area contributed by atoms with Crippen LogP contribution < -0.4 is 5.32 Å². The van der Waals surface area contributed by atoms with Gasteiger partial charge in [0.25, 0.3) is 0 Å². The number of piperidine rings is 1. The fraction of sp³-hybridized carbons (Fsp3) is 0.455. The Morgan fingerprint density at radius 3 is 2.67 bits per heavy atom. The number of anilines is 1. The topological polar surface area (TPSA) is 117 Å². The first-order chi connectivity index (χ1) is 16.2. The van der Waals surface area contributed by atoms with E-state index in [4.69, 9.17) is 4.84 Å². The second kappa shape index (κ2) is 8.38. The number of benzene rings is 1. The molecule has 11 heteroatoms. The molecule has 1 fully saturated rings. The molecule has 2 unspecified atom stereocenters. The highest BCUT2D eigenvalue weighted by Gasteiger charge is 2.31. The van der Waals surface area contributed by atoms with Gasteiger partial charge < -0.3 is 15.1 Å². The molecule has 0 bridgehead atoms. The van der Waals surface area contributed by atoms with Crippen LogP contribution in [-0.4, -0.2) is 60.5 Å². The fourth-order valence-electron chi connectivity index (χ4n) is 4.92. The minimum atomic E-state index is -0.190. The zero-order chi connectivity index (χ0) is 22.2. The average molecular weight is 449 g/mol. The summed E-state index contributed by atoms with van der Waals surface area (Å²) in [6.45, 7) is 1.78. The lowest BCUT2D eigenvalue weighted by Gasteiger charge is -2.31. The van der Waals surface area contributed by atoms with Crippen LogP contribution in [0.15, 0.2) is 35.7 Å². The zero-order valence-electron chi connectivity index (χ0n) is 18.0. The van der Waals surface area contributed by atoms with E-state index in [0.29, 0.717) is 18.3 Å². The molecule has 0 radical (unpaired) electrons. The van der Waals surface area contributed by atoms with Crippen LogP contribution in [0.1, 0.15) is 53.8 Å². The summed E-state index contributed by atoms with van der Waals surface area (Å²) in [6, 6.07) is 5.16. The van der Waals surface area contributed by atoms with Crippen LogP contribution in [0.25, 0.3) is 0 Å². The van der Waals surface area contributed by atoms with Gasteiger partial charge in [0, 0.05) is 43.0 Å². The number of aromatic nitrogens is 6. The third kappa shape index (κ3) is 4.10. The number of rotatable bonds is 4. The molecule has 4 heterocycles. The van der Waals surface area contributed by atoms with Gasteiger partial charge in [-0.15, -0.1) is 10.2 Å². The normalized spacial score (nSPS) is 22.7. The van der Waals surface area contributed by atoms with E-state index in [-0.39, 0.29) is 18.0 Å². The van der Waals surface area contributed by atoms with Crippen molar-refractivity contribution in [3.63, 3.8) is 0 Å². The molecule has 33 heavy (non-hydrogen) atoms. The molecule has 0 spiro atoms. The van der Waals surface area contributed by atoms with E-state index in [9.17, 15) is 4.39 Å². The Balaban J connectivity index is 1.02. The van der Waals surface area contributed by atoms with Crippen LogP contribution in [0.3, 0.4) is 0 Å². The van der Waals surface area contributed by atoms with Crippen molar-refractivity contribution < 1.29 is 9.23 Å². The largest absolute Gasteiger partial charge is 0.386 e. The summed E-state index contributed by atoms with van der Waals surface area (Å²) in [5, 5.41) is 22.1. The number of likely N-dealkylation sites (tertiary alicyclic amines) is 1. The van der Waals surface area contributed by atoms with E-state index in [0.717, 1.165) is 61.6 Å². The number of nitrogens with one attached hydrogen (secondary N) is 2. The Morgan fingerprint density at radius 1 is 1.06 bits per heavy atom. The molecule has 2 aromatic heterocycles. The molecule has 2 atom stereocenters. The highest BCUT2D eigenvalue weighted by atomic mass is 19.1. The van der Waals surface area contributed by atoms with Gasteiger partial charge in [-0.1, -0.05) is 16.4 Å². The number of tetrazole rings is 1. The maximum absolute atomic E-state index is 13.5. The second-order valence-electron chi connectivity index (χ2n) is 8.84. The average Bonchev–Trinajstić information content (AvgIpc) is 3.60. The molecule has 3 aliphatic rings. The van der Waals surface area contributed by atoms with Crippen LogP contribution in [0.2, 0.25) is 0 Å². The van der Waals surface area contributed by atoms with Crippen molar-refractivity contribution in [2.45, 2.75) is 50.2 Å². The van der Waals surface area contributed by atoms with Crippen molar-refractivity contribution in [1.82, 2.24) is 35.5 Å². The van der Waals surface area contributed by atoms with Crippen LogP contribution in [0.5, 0.6) is 0 Å². The van der Waals surface area contributed by atoms with Crippen molar-refractivity contribution in [3.8, 4) is 0 Å². The minimum Gasteiger partial charge on any atom is -0.386 e. The maximum atomic E-state index is 13.5. The van der Waals surface area contributed by atoms with Crippen LogP contribution in [0.4, 0.5) is 10.3 Å². The molecule has 170 valence electrons. The zero-order valence-corrected chi connectivity index (χ0v) is 18.0. The molecule has 1 saturated heterocycles. The summed E-state index contributed by atoms with van der Waals surface area (Å²) in [4.78, 5) is 16.9. The van der Waals surface area contributed by atoms with Crippen molar-refractivity contribution in [3.05, 3.63) is 58.9 Å². The Hall–Kier alpha value is -3.63. The van der Waals surface area contributed by atoms with Gasteiger partial charge in [-0.2, -0.15) is 5.21 Å². The maximum Gasteiger partial charge on any atom is 0.222 e. The van der Waals surface area contributed by atoms with E-state index in [2.05, 4.69) is 46.0 Å². The summed E-state index contributed by atoms with van der Waals surface area (Å²) >= 11 is 0. The van der Waals surface area contributed by atoms with Crippen LogP contribution in [0, 0.1) is 5.82 Å². The minimum absolute atomic E-state index is 0.167. The quantitative estimate of drug-likeness (QED) is 0.623. The van der Waals surface area contributed by atoms with E-state index in [1.54, 1.807) is 18.5 Å². The lowest BCUT2D eigenvalue weighted by molar-refractivity contribution is 0.0850. The van der Waals surface area contributed by atoms with Gasteiger partial charge in [0.2, 0.25) is 5.95 Å². The highest BCUT2D eigenvalue weighted by molar-refractivity contribution is 5.83. The van der Waals surface area contributed by atoms with Gasteiger partial charge in [-0.05, 0) is 48.9 Å². The van der Waals surface area contributed by atoms with Gasteiger partial charge >= 0.3 is 0 Å². The molecule has 2 N–H and O–H groups in total. The van der Waals surface area contributed by atoms with Crippen molar-refractivity contribution in [2.24, 2.45) is 5.16 Å². The first-order valence-corrected chi connectivity index (χ1v) is 11.3.